The van der Waals surface area contributed by atoms with Gasteiger partial charge in [0.1, 0.15) is 17.2 Å². The number of likely N-dealkylation sites (N-methyl/N-ethyl adjacent to an activating group) is 1. The van der Waals surface area contributed by atoms with Crippen molar-refractivity contribution in [3.63, 3.8) is 0 Å². The Morgan fingerprint density at radius 1 is 0.932 bits per heavy atom. The summed E-state index contributed by atoms with van der Waals surface area (Å²) in [4.78, 5) is 22.0. The van der Waals surface area contributed by atoms with Gasteiger partial charge < -0.3 is 29.9 Å². The number of anilines is 1. The lowest BCUT2D eigenvalue weighted by Gasteiger charge is -2.32. The maximum Gasteiger partial charge on any atom is 0.255 e. The van der Waals surface area contributed by atoms with Crippen LogP contribution in [0, 0.1) is 13.8 Å². The fourth-order valence-corrected chi connectivity index (χ4v) is 6.21. The number of hydrogen-bond donors (Lipinski definition) is 3. The van der Waals surface area contributed by atoms with Gasteiger partial charge in [-0.05, 0) is 81.2 Å². The first-order valence-electron chi connectivity index (χ1n) is 15.2. The first kappa shape index (κ1) is 29.5. The van der Waals surface area contributed by atoms with E-state index in [1.807, 2.05) is 18.2 Å². The highest BCUT2D eigenvalue weighted by Crippen LogP contribution is 2.35. The van der Waals surface area contributed by atoms with Crippen LogP contribution < -0.4 is 5.32 Å². The smallest absolute Gasteiger partial charge is 0.255 e. The number of nitrogens with zero attached hydrogens (tertiary/aromatic N) is 5. The van der Waals surface area contributed by atoms with Crippen molar-refractivity contribution < 1.29 is 15.0 Å². The minimum atomic E-state index is -0.323. The Balaban J connectivity index is 1.13. The number of carbonyl (C=O) groups excluding carboxylic acids is 1. The quantitative estimate of drug-likeness (QED) is 0.214. The Hall–Kier alpha value is -4.60. The second-order valence-electron chi connectivity index (χ2n) is 11.9. The Kier molecular flexibility index (Phi) is 8.41. The zero-order chi connectivity index (χ0) is 30.8. The number of aromatic hydroxyl groups is 2. The summed E-state index contributed by atoms with van der Waals surface area (Å²) in [6.45, 7) is 11.2. The number of nitrogens with one attached hydrogen (secondary N) is 1. The molecule has 228 valence electrons. The minimum Gasteiger partial charge on any atom is -0.506 e. The van der Waals surface area contributed by atoms with Gasteiger partial charge in [-0.3, -0.25) is 9.36 Å². The van der Waals surface area contributed by atoms with Crippen molar-refractivity contribution in [1.82, 2.24) is 23.9 Å². The molecule has 0 bridgehead atoms. The van der Waals surface area contributed by atoms with Crippen LogP contribution >= 0.6 is 0 Å². The third-order valence-corrected chi connectivity index (χ3v) is 8.84. The SMILES string of the molecule is Cc1c(C)n(CCCN2CCN(C)CC2)c2ccc(Cc3cccc(C(=O)Nc4cc(O)c(-n5ccnc5)c(O)c4)c3)cc12. The van der Waals surface area contributed by atoms with Crippen molar-refractivity contribution in [3.05, 3.63) is 101 Å². The number of rotatable bonds is 9. The largest absolute Gasteiger partial charge is 0.506 e. The number of phenolic OH excluding ortho intramolecular Hbond substituents is 2. The molecule has 44 heavy (non-hydrogen) atoms. The highest BCUT2D eigenvalue weighted by atomic mass is 16.3. The van der Waals surface area contributed by atoms with E-state index in [0.717, 1.165) is 51.3 Å². The van der Waals surface area contributed by atoms with Gasteiger partial charge in [0.25, 0.3) is 5.91 Å². The predicted molar refractivity (Wildman–Crippen MR) is 174 cm³/mol. The molecule has 9 nitrogen and oxygen atoms in total. The average Bonchev–Trinajstić information content (AvgIpc) is 3.61. The second-order valence-corrected chi connectivity index (χ2v) is 11.9. The number of phenols is 2. The molecule has 0 atom stereocenters. The van der Waals surface area contributed by atoms with Crippen molar-refractivity contribution in [2.24, 2.45) is 0 Å². The summed E-state index contributed by atoms with van der Waals surface area (Å²) < 4.78 is 3.97. The molecule has 1 aliphatic rings. The lowest BCUT2D eigenvalue weighted by atomic mass is 10.0. The third kappa shape index (κ3) is 6.20. The molecule has 0 unspecified atom stereocenters. The van der Waals surface area contributed by atoms with Gasteiger partial charge in [0.2, 0.25) is 0 Å². The monoisotopic (exact) mass is 592 g/mol. The fraction of sp³-hybridized carbons (Fsp3) is 0.314. The van der Waals surface area contributed by atoms with Crippen molar-refractivity contribution in [2.75, 3.05) is 45.1 Å². The predicted octanol–water partition coefficient (Wildman–Crippen LogP) is 5.34. The van der Waals surface area contributed by atoms with Gasteiger partial charge in [-0.1, -0.05) is 18.2 Å². The van der Waals surface area contributed by atoms with E-state index in [1.165, 1.54) is 50.8 Å². The molecular formula is C35H40N6O3. The molecule has 3 aromatic carbocycles. The number of aryl methyl sites for hydroxylation is 2. The van der Waals surface area contributed by atoms with E-state index in [2.05, 4.69) is 63.8 Å². The third-order valence-electron chi connectivity index (χ3n) is 8.84. The van der Waals surface area contributed by atoms with Crippen LogP contribution in [-0.4, -0.2) is 79.8 Å². The van der Waals surface area contributed by atoms with Crippen LogP contribution in [0.2, 0.25) is 0 Å². The molecule has 1 aliphatic heterocycles. The molecule has 6 rings (SSSR count). The van der Waals surface area contributed by atoms with E-state index in [-0.39, 0.29) is 23.1 Å². The molecule has 1 saturated heterocycles. The number of piperazine rings is 1. The van der Waals surface area contributed by atoms with Gasteiger partial charge in [-0.15, -0.1) is 0 Å². The number of hydrogen-bond acceptors (Lipinski definition) is 6. The van der Waals surface area contributed by atoms with Crippen LogP contribution in [-0.2, 0) is 13.0 Å². The Morgan fingerprint density at radius 2 is 1.68 bits per heavy atom. The molecule has 1 fully saturated rings. The second kappa shape index (κ2) is 12.6. The molecule has 2 aromatic heterocycles. The number of amides is 1. The van der Waals surface area contributed by atoms with E-state index in [9.17, 15) is 15.0 Å². The van der Waals surface area contributed by atoms with E-state index < -0.39 is 0 Å². The Morgan fingerprint density at radius 3 is 2.41 bits per heavy atom. The lowest BCUT2D eigenvalue weighted by molar-refractivity contribution is 0.102. The summed E-state index contributed by atoms with van der Waals surface area (Å²) in [6.07, 6.45) is 6.48. The first-order valence-corrected chi connectivity index (χ1v) is 15.2. The van der Waals surface area contributed by atoms with Crippen LogP contribution in [0.5, 0.6) is 11.5 Å². The Labute approximate surface area is 258 Å². The van der Waals surface area contributed by atoms with E-state index >= 15 is 0 Å². The van der Waals surface area contributed by atoms with Crippen LogP contribution in [0.3, 0.4) is 0 Å². The zero-order valence-electron chi connectivity index (χ0n) is 25.6. The maximum absolute atomic E-state index is 13.1. The molecule has 3 heterocycles. The lowest BCUT2D eigenvalue weighted by Crippen LogP contribution is -2.44. The fourth-order valence-electron chi connectivity index (χ4n) is 6.21. The van der Waals surface area contributed by atoms with Crippen LogP contribution in [0.15, 0.2) is 73.3 Å². The highest BCUT2D eigenvalue weighted by molar-refractivity contribution is 6.04. The number of imidazole rings is 1. The zero-order valence-corrected chi connectivity index (χ0v) is 25.6. The Bertz CT molecular complexity index is 1760. The standard InChI is InChI=1S/C35H40N6O3/c1-24-25(2)41(12-5-11-39-16-14-38(3)15-17-39)31-9-8-27(20-30(24)31)18-26-6-4-7-28(19-26)35(44)37-29-21-32(42)34(33(43)22-29)40-13-10-36-23-40/h4,6-10,13,19-23,42-43H,5,11-12,14-18H2,1-3H3,(H,37,44). The topological polar surface area (TPSA) is 98.8 Å². The van der Waals surface area contributed by atoms with Crippen molar-refractivity contribution in [1.29, 1.82) is 0 Å². The summed E-state index contributed by atoms with van der Waals surface area (Å²) in [7, 11) is 2.20. The molecule has 0 spiro atoms. The summed E-state index contributed by atoms with van der Waals surface area (Å²) in [6, 6.07) is 17.1. The van der Waals surface area contributed by atoms with E-state index in [1.54, 1.807) is 18.5 Å². The molecular weight excluding hydrogens is 552 g/mol. The number of fused-ring (bicyclic) bond motifs is 1. The molecule has 1 amide bonds. The molecule has 3 N–H and O–H groups in total. The van der Waals surface area contributed by atoms with Gasteiger partial charge in [0.15, 0.2) is 0 Å². The average molecular weight is 593 g/mol. The van der Waals surface area contributed by atoms with Gasteiger partial charge in [0.05, 0.1) is 6.33 Å². The van der Waals surface area contributed by atoms with Crippen LogP contribution in [0.4, 0.5) is 5.69 Å². The number of aromatic nitrogens is 3. The normalized spacial score (nSPS) is 14.3. The van der Waals surface area contributed by atoms with Crippen LogP contribution in [0.25, 0.3) is 16.6 Å². The number of benzene rings is 3. The summed E-state index contributed by atoms with van der Waals surface area (Å²) in [5.74, 6) is -0.662. The minimum absolute atomic E-state index is 0.170. The molecule has 0 aliphatic carbocycles. The van der Waals surface area contributed by atoms with Gasteiger partial charge in [-0.2, -0.15) is 0 Å². The van der Waals surface area contributed by atoms with Crippen LogP contribution in [0.1, 0.15) is 39.2 Å². The first-order chi connectivity index (χ1) is 21.3. The van der Waals surface area contributed by atoms with Crippen molar-refractivity contribution >= 4 is 22.5 Å². The molecule has 0 saturated carbocycles. The molecule has 9 heteroatoms. The number of carbonyl (C=O) groups is 1. The van der Waals surface area contributed by atoms with Gasteiger partial charge in [-0.25, -0.2) is 4.98 Å². The summed E-state index contributed by atoms with van der Waals surface area (Å²) in [5.41, 5.74) is 7.14. The summed E-state index contributed by atoms with van der Waals surface area (Å²) >= 11 is 0. The molecule has 5 aromatic rings. The van der Waals surface area contributed by atoms with E-state index in [4.69, 9.17) is 0 Å². The highest BCUT2D eigenvalue weighted by Gasteiger charge is 2.17. The van der Waals surface area contributed by atoms with E-state index in [0.29, 0.717) is 17.7 Å². The maximum atomic E-state index is 13.1. The van der Waals surface area contributed by atoms with Gasteiger partial charge >= 0.3 is 0 Å². The summed E-state index contributed by atoms with van der Waals surface area (Å²) in [5, 5.41) is 25.1. The van der Waals surface area contributed by atoms with Gasteiger partial charge in [0, 0.05) is 85.1 Å². The van der Waals surface area contributed by atoms with Crippen molar-refractivity contribution in [2.45, 2.75) is 33.2 Å². The molecule has 0 radical (unpaired) electrons. The van der Waals surface area contributed by atoms with Crippen molar-refractivity contribution in [3.8, 4) is 17.2 Å².